The van der Waals surface area contributed by atoms with Crippen molar-refractivity contribution in [2.24, 2.45) is 5.73 Å². The van der Waals surface area contributed by atoms with Gasteiger partial charge in [-0.15, -0.1) is 0 Å². The largest absolute Gasteiger partial charge is 0.366 e. The Kier molecular flexibility index (Phi) is 4.32. The Morgan fingerprint density at radius 1 is 1.07 bits per heavy atom. The van der Waals surface area contributed by atoms with Crippen LogP contribution in [-0.4, -0.2) is 22.6 Å². The molecule has 27 heavy (non-hydrogen) atoms. The first-order chi connectivity index (χ1) is 13.1. The number of carbonyl (C=O) groups excluding carboxylic acids is 3. The molecule has 0 saturated carbocycles. The van der Waals surface area contributed by atoms with Crippen molar-refractivity contribution in [1.29, 1.82) is 0 Å². The standard InChI is InChI=1S/C21H19N3O3/c22-21(27)13-6-1-2-8-16(13)24-17-9-5-10-18(25)20(17)14(12-19(24)26)15-7-3-4-11-23-15/h1-4,6-8,11,14H,5,9-10,12H2,(H2,22,27). The van der Waals surface area contributed by atoms with Crippen molar-refractivity contribution in [2.45, 2.75) is 31.6 Å². The van der Waals surface area contributed by atoms with Gasteiger partial charge in [0.05, 0.1) is 11.3 Å². The number of ketones is 1. The highest BCUT2D eigenvalue weighted by Gasteiger charge is 2.40. The van der Waals surface area contributed by atoms with Crippen LogP contribution >= 0.6 is 0 Å². The smallest absolute Gasteiger partial charge is 0.250 e. The first kappa shape index (κ1) is 17.1. The third kappa shape index (κ3) is 2.93. The molecule has 0 fully saturated rings. The van der Waals surface area contributed by atoms with E-state index in [1.54, 1.807) is 30.5 Å². The van der Waals surface area contributed by atoms with Gasteiger partial charge in [0, 0.05) is 41.9 Å². The van der Waals surface area contributed by atoms with Crippen LogP contribution in [0.4, 0.5) is 5.69 Å². The van der Waals surface area contributed by atoms with Gasteiger partial charge in [-0.25, -0.2) is 0 Å². The molecule has 1 aromatic heterocycles. The fourth-order valence-electron chi connectivity index (χ4n) is 3.98. The Morgan fingerprint density at radius 3 is 2.59 bits per heavy atom. The van der Waals surface area contributed by atoms with Crippen LogP contribution in [0.3, 0.4) is 0 Å². The highest BCUT2D eigenvalue weighted by atomic mass is 16.2. The number of amides is 2. The lowest BCUT2D eigenvalue weighted by atomic mass is 9.78. The first-order valence-corrected chi connectivity index (χ1v) is 8.97. The molecule has 6 nitrogen and oxygen atoms in total. The third-order valence-corrected chi connectivity index (χ3v) is 5.13. The van der Waals surface area contributed by atoms with E-state index in [2.05, 4.69) is 4.98 Å². The lowest BCUT2D eigenvalue weighted by Gasteiger charge is -2.38. The Bertz CT molecular complexity index is 966. The number of para-hydroxylation sites is 1. The molecule has 0 spiro atoms. The van der Waals surface area contributed by atoms with Crippen molar-refractivity contribution in [1.82, 2.24) is 4.98 Å². The summed E-state index contributed by atoms with van der Waals surface area (Å²) in [5, 5.41) is 0. The van der Waals surface area contributed by atoms with Crippen LogP contribution in [0.1, 0.15) is 47.7 Å². The fraction of sp³-hybridized carbons (Fsp3) is 0.238. The van der Waals surface area contributed by atoms with Crippen molar-refractivity contribution in [2.75, 3.05) is 4.90 Å². The number of rotatable bonds is 3. The lowest BCUT2D eigenvalue weighted by Crippen LogP contribution is -2.41. The highest BCUT2D eigenvalue weighted by molar-refractivity contribution is 6.10. The zero-order valence-corrected chi connectivity index (χ0v) is 14.7. The molecule has 2 aromatic rings. The molecule has 2 aliphatic rings. The number of primary amides is 1. The van der Waals surface area contributed by atoms with Gasteiger partial charge in [-0.3, -0.25) is 24.3 Å². The highest BCUT2D eigenvalue weighted by Crippen LogP contribution is 2.43. The molecule has 4 rings (SSSR count). The summed E-state index contributed by atoms with van der Waals surface area (Å²) in [5.41, 5.74) is 8.25. The minimum Gasteiger partial charge on any atom is -0.366 e. The van der Waals surface area contributed by atoms with Crippen LogP contribution in [-0.2, 0) is 9.59 Å². The zero-order valence-electron chi connectivity index (χ0n) is 14.7. The molecule has 0 bridgehead atoms. The summed E-state index contributed by atoms with van der Waals surface area (Å²) in [6.45, 7) is 0. The van der Waals surface area contributed by atoms with Crippen LogP contribution < -0.4 is 10.6 Å². The molecule has 1 unspecified atom stereocenters. The van der Waals surface area contributed by atoms with Gasteiger partial charge >= 0.3 is 0 Å². The number of nitrogens with zero attached hydrogens (tertiary/aromatic N) is 2. The molecule has 1 atom stereocenters. The average Bonchev–Trinajstić information content (AvgIpc) is 2.68. The summed E-state index contributed by atoms with van der Waals surface area (Å²) < 4.78 is 0. The quantitative estimate of drug-likeness (QED) is 0.909. The maximum atomic E-state index is 13.1. The fourth-order valence-corrected chi connectivity index (χ4v) is 3.98. The average molecular weight is 361 g/mol. The van der Waals surface area contributed by atoms with E-state index in [9.17, 15) is 14.4 Å². The van der Waals surface area contributed by atoms with Crippen molar-refractivity contribution in [3.63, 3.8) is 0 Å². The number of anilines is 1. The number of Topliss-reactive ketones (excluding diaryl/α,β-unsaturated/α-hetero) is 1. The number of nitrogens with two attached hydrogens (primary N) is 1. The molecule has 6 heteroatoms. The van der Waals surface area contributed by atoms with E-state index < -0.39 is 5.91 Å². The monoisotopic (exact) mass is 361 g/mol. The summed E-state index contributed by atoms with van der Waals surface area (Å²) >= 11 is 0. The Balaban J connectivity index is 1.90. The number of carbonyl (C=O) groups is 3. The van der Waals surface area contributed by atoms with Crippen LogP contribution in [0, 0.1) is 0 Å². The van der Waals surface area contributed by atoms with E-state index in [4.69, 9.17) is 5.73 Å². The van der Waals surface area contributed by atoms with Gasteiger partial charge in [-0.2, -0.15) is 0 Å². The van der Waals surface area contributed by atoms with Crippen LogP contribution in [0.25, 0.3) is 0 Å². The van der Waals surface area contributed by atoms with E-state index in [1.165, 1.54) is 4.90 Å². The molecular formula is C21H19N3O3. The van der Waals surface area contributed by atoms with Crippen molar-refractivity contribution < 1.29 is 14.4 Å². The SMILES string of the molecule is NC(=O)c1ccccc1N1C(=O)CC(c2ccccn2)C2=C1CCCC2=O. The molecule has 2 N–H and O–H groups in total. The number of hydrogen-bond acceptors (Lipinski definition) is 4. The second-order valence-corrected chi connectivity index (χ2v) is 6.76. The topological polar surface area (TPSA) is 93.4 Å². The molecule has 136 valence electrons. The predicted octanol–water partition coefficient (Wildman–Crippen LogP) is 2.71. The van der Waals surface area contributed by atoms with Gasteiger partial charge in [0.2, 0.25) is 5.91 Å². The van der Waals surface area contributed by atoms with Gasteiger partial charge < -0.3 is 5.73 Å². The van der Waals surface area contributed by atoms with Gasteiger partial charge in [0.25, 0.3) is 5.91 Å². The molecule has 2 amide bonds. The molecular weight excluding hydrogens is 342 g/mol. The summed E-state index contributed by atoms with van der Waals surface area (Å²) in [7, 11) is 0. The molecule has 1 aliphatic carbocycles. The molecule has 1 aromatic carbocycles. The molecule has 2 heterocycles. The molecule has 0 saturated heterocycles. The predicted molar refractivity (Wildman–Crippen MR) is 99.9 cm³/mol. The number of aromatic nitrogens is 1. The van der Waals surface area contributed by atoms with Crippen LogP contribution in [0.15, 0.2) is 59.9 Å². The Labute approximate surface area is 156 Å². The summed E-state index contributed by atoms with van der Waals surface area (Å²) in [5.74, 6) is -1.07. The third-order valence-electron chi connectivity index (χ3n) is 5.13. The van der Waals surface area contributed by atoms with E-state index in [1.807, 2.05) is 18.2 Å². The molecule has 1 aliphatic heterocycles. The Hall–Kier alpha value is -3.28. The lowest BCUT2D eigenvalue weighted by molar-refractivity contribution is -0.120. The maximum Gasteiger partial charge on any atom is 0.250 e. The Morgan fingerprint density at radius 2 is 1.85 bits per heavy atom. The van der Waals surface area contributed by atoms with Gasteiger partial charge in [-0.05, 0) is 37.1 Å². The number of pyridine rings is 1. The van der Waals surface area contributed by atoms with E-state index in [-0.39, 0.29) is 29.6 Å². The van der Waals surface area contributed by atoms with Gasteiger partial charge in [0.1, 0.15) is 0 Å². The van der Waals surface area contributed by atoms with Crippen molar-refractivity contribution in [3.8, 4) is 0 Å². The van der Waals surface area contributed by atoms with Crippen molar-refractivity contribution in [3.05, 3.63) is 71.2 Å². The second kappa shape index (κ2) is 6.79. The van der Waals surface area contributed by atoms with Crippen molar-refractivity contribution >= 4 is 23.3 Å². The second-order valence-electron chi connectivity index (χ2n) is 6.76. The summed E-state index contributed by atoms with van der Waals surface area (Å²) in [4.78, 5) is 43.7. The zero-order chi connectivity index (χ0) is 19.0. The normalized spacial score (nSPS) is 19.9. The van der Waals surface area contributed by atoms with E-state index in [0.29, 0.717) is 36.2 Å². The number of allylic oxidation sites excluding steroid dienone is 2. The number of hydrogen-bond donors (Lipinski definition) is 1. The first-order valence-electron chi connectivity index (χ1n) is 8.97. The summed E-state index contributed by atoms with van der Waals surface area (Å²) in [6.07, 6.45) is 3.54. The maximum absolute atomic E-state index is 13.1. The molecule has 0 radical (unpaired) electrons. The van der Waals surface area contributed by atoms with Crippen LogP contribution in [0.5, 0.6) is 0 Å². The number of benzene rings is 1. The van der Waals surface area contributed by atoms with E-state index >= 15 is 0 Å². The van der Waals surface area contributed by atoms with Gasteiger partial charge in [-0.1, -0.05) is 18.2 Å². The summed E-state index contributed by atoms with van der Waals surface area (Å²) in [6, 6.07) is 12.3. The van der Waals surface area contributed by atoms with Crippen LogP contribution in [0.2, 0.25) is 0 Å². The minimum absolute atomic E-state index is 0.0426. The van der Waals surface area contributed by atoms with Gasteiger partial charge in [0.15, 0.2) is 5.78 Å². The van der Waals surface area contributed by atoms with E-state index in [0.717, 1.165) is 5.69 Å². The minimum atomic E-state index is -0.602.